The number of rotatable bonds is 3. The van der Waals surface area contributed by atoms with Gasteiger partial charge < -0.3 is 16.2 Å². The van der Waals surface area contributed by atoms with E-state index in [4.69, 9.17) is 5.73 Å². The summed E-state index contributed by atoms with van der Waals surface area (Å²) in [6.07, 6.45) is 0. The van der Waals surface area contributed by atoms with Gasteiger partial charge in [0.15, 0.2) is 0 Å². The molecule has 0 aromatic heterocycles. The average Bonchev–Trinajstić information content (AvgIpc) is 2.28. The van der Waals surface area contributed by atoms with Crippen LogP contribution in [0.15, 0.2) is 12.1 Å². The highest BCUT2D eigenvalue weighted by molar-refractivity contribution is 5.93. The molecule has 0 saturated carbocycles. The van der Waals surface area contributed by atoms with Crippen molar-refractivity contribution in [3.63, 3.8) is 0 Å². The van der Waals surface area contributed by atoms with Crippen molar-refractivity contribution in [2.75, 3.05) is 5.32 Å². The predicted molar refractivity (Wildman–Crippen MR) is 69.0 cm³/mol. The van der Waals surface area contributed by atoms with Crippen molar-refractivity contribution in [2.45, 2.75) is 33.7 Å². The van der Waals surface area contributed by atoms with Gasteiger partial charge in [0.05, 0.1) is 5.92 Å². The first-order chi connectivity index (χ1) is 7.84. The molecule has 1 aromatic rings. The van der Waals surface area contributed by atoms with E-state index in [1.807, 2.05) is 6.92 Å². The van der Waals surface area contributed by atoms with Gasteiger partial charge in [-0.3, -0.25) is 4.79 Å². The van der Waals surface area contributed by atoms with Gasteiger partial charge in [-0.1, -0.05) is 13.0 Å². The number of amides is 1. The molecule has 0 radical (unpaired) electrons. The molecule has 4 nitrogen and oxygen atoms in total. The fourth-order valence-corrected chi connectivity index (χ4v) is 1.46. The van der Waals surface area contributed by atoms with Crippen molar-refractivity contribution in [3.8, 4) is 5.75 Å². The molecule has 0 fully saturated rings. The van der Waals surface area contributed by atoms with Crippen LogP contribution < -0.4 is 11.1 Å². The van der Waals surface area contributed by atoms with Gasteiger partial charge >= 0.3 is 0 Å². The summed E-state index contributed by atoms with van der Waals surface area (Å²) in [5.41, 5.74) is 7.77. The van der Waals surface area contributed by atoms with Gasteiger partial charge in [0.1, 0.15) is 5.75 Å². The zero-order chi connectivity index (χ0) is 13.2. The molecule has 1 rings (SSSR count). The van der Waals surface area contributed by atoms with E-state index in [9.17, 15) is 9.90 Å². The van der Waals surface area contributed by atoms with E-state index in [0.717, 1.165) is 5.56 Å². The number of aromatic hydroxyl groups is 1. The Morgan fingerprint density at radius 2 is 1.94 bits per heavy atom. The van der Waals surface area contributed by atoms with Gasteiger partial charge in [0, 0.05) is 17.3 Å². The monoisotopic (exact) mass is 236 g/mol. The van der Waals surface area contributed by atoms with Crippen LogP contribution in [-0.2, 0) is 4.79 Å². The van der Waals surface area contributed by atoms with Crippen LogP contribution in [0.5, 0.6) is 5.75 Å². The normalized spacial score (nSPS) is 14.2. The van der Waals surface area contributed by atoms with E-state index in [0.29, 0.717) is 11.3 Å². The highest BCUT2D eigenvalue weighted by Gasteiger charge is 2.18. The Balaban J connectivity index is 2.90. The highest BCUT2D eigenvalue weighted by atomic mass is 16.3. The molecule has 1 amide bonds. The molecule has 0 spiro atoms. The van der Waals surface area contributed by atoms with Gasteiger partial charge in [-0.25, -0.2) is 0 Å². The third-order valence-electron chi connectivity index (χ3n) is 3.09. The first-order valence-corrected chi connectivity index (χ1v) is 5.70. The van der Waals surface area contributed by atoms with Crippen LogP contribution in [0.2, 0.25) is 0 Å². The lowest BCUT2D eigenvalue weighted by Gasteiger charge is -2.17. The highest BCUT2D eigenvalue weighted by Crippen LogP contribution is 2.28. The molecule has 0 saturated heterocycles. The second-order valence-electron chi connectivity index (χ2n) is 4.54. The van der Waals surface area contributed by atoms with Crippen molar-refractivity contribution < 1.29 is 9.90 Å². The van der Waals surface area contributed by atoms with E-state index >= 15 is 0 Å². The number of carbonyl (C=O) groups excluding carboxylic acids is 1. The minimum absolute atomic E-state index is 0.133. The van der Waals surface area contributed by atoms with Crippen LogP contribution in [0.25, 0.3) is 0 Å². The number of phenols is 1. The maximum Gasteiger partial charge on any atom is 0.228 e. The summed E-state index contributed by atoms with van der Waals surface area (Å²) in [5, 5.41) is 12.6. The van der Waals surface area contributed by atoms with Crippen LogP contribution in [0.4, 0.5) is 5.69 Å². The second-order valence-corrected chi connectivity index (χ2v) is 4.54. The quantitative estimate of drug-likeness (QED) is 0.750. The molecule has 1 aromatic carbocycles. The second kappa shape index (κ2) is 5.19. The molecule has 0 aliphatic rings. The Kier molecular flexibility index (Phi) is 4.12. The predicted octanol–water partition coefficient (Wildman–Crippen LogP) is 1.93. The minimum atomic E-state index is -0.266. The zero-order valence-corrected chi connectivity index (χ0v) is 10.7. The van der Waals surface area contributed by atoms with Crippen molar-refractivity contribution in [3.05, 3.63) is 23.3 Å². The van der Waals surface area contributed by atoms with Gasteiger partial charge in [-0.15, -0.1) is 0 Å². The van der Waals surface area contributed by atoms with Gasteiger partial charge in [0.25, 0.3) is 0 Å². The lowest BCUT2D eigenvalue weighted by atomic mass is 10.0. The number of carbonyl (C=O) groups is 1. The first-order valence-electron chi connectivity index (χ1n) is 5.70. The molecule has 17 heavy (non-hydrogen) atoms. The van der Waals surface area contributed by atoms with Crippen LogP contribution in [0.1, 0.15) is 25.0 Å². The number of hydrogen-bond acceptors (Lipinski definition) is 3. The number of aryl methyl sites for hydroxylation is 1. The Bertz CT molecular complexity index is 428. The van der Waals surface area contributed by atoms with E-state index < -0.39 is 0 Å². The molecule has 4 heteroatoms. The van der Waals surface area contributed by atoms with E-state index in [2.05, 4.69) is 5.32 Å². The third-order valence-corrected chi connectivity index (χ3v) is 3.09. The zero-order valence-electron chi connectivity index (χ0n) is 10.7. The summed E-state index contributed by atoms with van der Waals surface area (Å²) in [5.74, 6) is -0.180. The Labute approximate surface area is 102 Å². The smallest absolute Gasteiger partial charge is 0.228 e. The van der Waals surface area contributed by atoms with Crippen LogP contribution in [0.3, 0.4) is 0 Å². The van der Waals surface area contributed by atoms with Crippen LogP contribution in [-0.4, -0.2) is 17.1 Å². The Hall–Kier alpha value is -1.55. The van der Waals surface area contributed by atoms with Crippen molar-refractivity contribution in [1.29, 1.82) is 0 Å². The molecular formula is C13H20N2O2. The fraction of sp³-hybridized carbons (Fsp3) is 0.462. The first kappa shape index (κ1) is 13.5. The van der Waals surface area contributed by atoms with Gasteiger partial charge in [-0.05, 0) is 32.4 Å². The maximum absolute atomic E-state index is 11.8. The standard InChI is InChI=1S/C13H20N2O2/c1-7-5-6-11(9(3)12(7)16)15-13(17)8(2)10(4)14/h5-6,8,10,16H,14H2,1-4H3,(H,15,17). The number of phenolic OH excluding ortho intramolecular Hbond substituents is 1. The molecule has 94 valence electrons. The number of hydrogen-bond donors (Lipinski definition) is 3. The Morgan fingerprint density at radius 1 is 1.35 bits per heavy atom. The fourth-order valence-electron chi connectivity index (χ4n) is 1.46. The average molecular weight is 236 g/mol. The molecule has 0 aliphatic heterocycles. The topological polar surface area (TPSA) is 75.4 Å². The van der Waals surface area contributed by atoms with Crippen molar-refractivity contribution in [2.24, 2.45) is 11.7 Å². The Morgan fingerprint density at radius 3 is 2.47 bits per heavy atom. The van der Waals surface area contributed by atoms with Crippen molar-refractivity contribution >= 4 is 11.6 Å². The summed E-state index contributed by atoms with van der Waals surface area (Å²) in [6.45, 7) is 7.17. The molecule has 2 atom stereocenters. The molecule has 0 aliphatic carbocycles. The number of benzene rings is 1. The molecule has 4 N–H and O–H groups in total. The number of nitrogens with one attached hydrogen (secondary N) is 1. The third kappa shape index (κ3) is 2.97. The van der Waals surface area contributed by atoms with Crippen LogP contribution >= 0.6 is 0 Å². The van der Waals surface area contributed by atoms with Crippen molar-refractivity contribution in [1.82, 2.24) is 0 Å². The molecular weight excluding hydrogens is 216 g/mol. The minimum Gasteiger partial charge on any atom is -0.507 e. The number of nitrogens with two attached hydrogens (primary N) is 1. The van der Waals surface area contributed by atoms with Gasteiger partial charge in [-0.2, -0.15) is 0 Å². The number of anilines is 1. The summed E-state index contributed by atoms with van der Waals surface area (Å²) in [6, 6.07) is 3.36. The van der Waals surface area contributed by atoms with E-state index in [1.54, 1.807) is 32.9 Å². The maximum atomic E-state index is 11.8. The molecule has 0 heterocycles. The summed E-state index contributed by atoms with van der Waals surface area (Å²) in [4.78, 5) is 11.8. The SMILES string of the molecule is Cc1ccc(NC(=O)C(C)C(C)N)c(C)c1O. The largest absolute Gasteiger partial charge is 0.507 e. The molecule has 2 unspecified atom stereocenters. The summed E-state index contributed by atoms with van der Waals surface area (Å²) >= 11 is 0. The van der Waals surface area contributed by atoms with Crippen LogP contribution in [0, 0.1) is 19.8 Å². The van der Waals surface area contributed by atoms with E-state index in [1.165, 1.54) is 0 Å². The molecule has 0 bridgehead atoms. The lowest BCUT2D eigenvalue weighted by Crippen LogP contribution is -2.34. The summed E-state index contributed by atoms with van der Waals surface area (Å²) < 4.78 is 0. The lowest BCUT2D eigenvalue weighted by molar-refractivity contribution is -0.119. The van der Waals surface area contributed by atoms with E-state index in [-0.39, 0.29) is 23.6 Å². The summed E-state index contributed by atoms with van der Waals surface area (Å²) in [7, 11) is 0. The van der Waals surface area contributed by atoms with Gasteiger partial charge in [0.2, 0.25) is 5.91 Å².